The molecule has 6 heteroatoms. The summed E-state index contributed by atoms with van der Waals surface area (Å²) in [7, 11) is 1.53. The molecule has 2 aromatic carbocycles. The van der Waals surface area contributed by atoms with Crippen LogP contribution in [0.4, 0.5) is 13.2 Å². The van der Waals surface area contributed by atoms with Crippen molar-refractivity contribution in [3.63, 3.8) is 0 Å². The summed E-state index contributed by atoms with van der Waals surface area (Å²) < 4.78 is 43.9. The summed E-state index contributed by atoms with van der Waals surface area (Å²) in [6.45, 7) is 0. The Morgan fingerprint density at radius 2 is 1.78 bits per heavy atom. The molecule has 1 N–H and O–H groups in total. The first-order chi connectivity index (χ1) is 10.9. The smallest absolute Gasteiger partial charge is 0.421 e. The molecule has 23 heavy (non-hydrogen) atoms. The topological polar surface area (TPSA) is 42.1 Å². The minimum atomic E-state index is -4.69. The zero-order valence-corrected chi connectivity index (χ0v) is 12.1. The Morgan fingerprint density at radius 1 is 1.04 bits per heavy atom. The molecule has 1 heterocycles. The van der Waals surface area contributed by atoms with Crippen LogP contribution in [0.2, 0.25) is 0 Å². The number of hydrogen-bond donors (Lipinski definition) is 1. The van der Waals surface area contributed by atoms with E-state index in [1.807, 2.05) is 18.2 Å². The van der Waals surface area contributed by atoms with Crippen LogP contribution in [0.1, 0.15) is 5.56 Å². The average Bonchev–Trinajstić information content (AvgIpc) is 2.52. The number of methoxy groups -OCH3 is 1. The SMILES string of the molecule is COc1ccccc1-c1ccc2[nH]c(=O)c(C(F)(F)F)cc2c1. The molecule has 118 valence electrons. The summed E-state index contributed by atoms with van der Waals surface area (Å²) in [6.07, 6.45) is -4.69. The van der Waals surface area contributed by atoms with Crippen LogP contribution in [-0.2, 0) is 6.18 Å². The van der Waals surface area contributed by atoms with Crippen LogP contribution in [0.3, 0.4) is 0 Å². The third-order valence-electron chi connectivity index (χ3n) is 3.57. The third-order valence-corrected chi connectivity index (χ3v) is 3.57. The maximum atomic E-state index is 12.9. The molecule has 3 rings (SSSR count). The second-order valence-electron chi connectivity index (χ2n) is 5.01. The Balaban J connectivity index is 2.22. The summed E-state index contributed by atoms with van der Waals surface area (Å²) in [5, 5.41) is 0.306. The van der Waals surface area contributed by atoms with E-state index in [1.165, 1.54) is 7.11 Å². The molecule has 0 aliphatic heterocycles. The van der Waals surface area contributed by atoms with Gasteiger partial charge in [0.2, 0.25) is 0 Å². The highest BCUT2D eigenvalue weighted by Crippen LogP contribution is 2.33. The number of nitrogens with one attached hydrogen (secondary N) is 1. The van der Waals surface area contributed by atoms with E-state index < -0.39 is 17.3 Å². The minimum Gasteiger partial charge on any atom is -0.496 e. The van der Waals surface area contributed by atoms with Crippen molar-refractivity contribution in [1.82, 2.24) is 4.98 Å². The predicted octanol–water partition coefficient (Wildman–Crippen LogP) is 4.22. The Morgan fingerprint density at radius 3 is 2.48 bits per heavy atom. The molecule has 0 saturated heterocycles. The summed E-state index contributed by atoms with van der Waals surface area (Å²) in [5.74, 6) is 0.618. The molecule has 0 unspecified atom stereocenters. The van der Waals surface area contributed by atoms with Gasteiger partial charge in [0, 0.05) is 11.1 Å². The van der Waals surface area contributed by atoms with E-state index in [-0.39, 0.29) is 0 Å². The quantitative estimate of drug-likeness (QED) is 0.768. The van der Waals surface area contributed by atoms with Gasteiger partial charge in [0.05, 0.1) is 7.11 Å². The maximum absolute atomic E-state index is 12.9. The van der Waals surface area contributed by atoms with Crippen LogP contribution in [-0.4, -0.2) is 12.1 Å². The van der Waals surface area contributed by atoms with E-state index in [2.05, 4.69) is 4.98 Å². The van der Waals surface area contributed by atoms with Crippen molar-refractivity contribution in [3.8, 4) is 16.9 Å². The maximum Gasteiger partial charge on any atom is 0.421 e. The normalized spacial score (nSPS) is 11.7. The van der Waals surface area contributed by atoms with Crippen molar-refractivity contribution in [2.75, 3.05) is 7.11 Å². The van der Waals surface area contributed by atoms with Gasteiger partial charge in [-0.2, -0.15) is 13.2 Å². The molecule has 0 bridgehead atoms. The van der Waals surface area contributed by atoms with Crippen molar-refractivity contribution in [1.29, 1.82) is 0 Å². The number of hydrogen-bond acceptors (Lipinski definition) is 2. The third kappa shape index (κ3) is 2.79. The van der Waals surface area contributed by atoms with Crippen molar-refractivity contribution in [3.05, 3.63) is 64.4 Å². The largest absolute Gasteiger partial charge is 0.496 e. The summed E-state index contributed by atoms with van der Waals surface area (Å²) >= 11 is 0. The van der Waals surface area contributed by atoms with Crippen molar-refractivity contribution < 1.29 is 17.9 Å². The van der Waals surface area contributed by atoms with Gasteiger partial charge in [-0.25, -0.2) is 0 Å². The highest BCUT2D eigenvalue weighted by Gasteiger charge is 2.34. The average molecular weight is 319 g/mol. The van der Waals surface area contributed by atoms with Gasteiger partial charge in [-0.05, 0) is 35.2 Å². The lowest BCUT2D eigenvalue weighted by molar-refractivity contribution is -0.138. The number of H-pyrrole nitrogens is 1. The highest BCUT2D eigenvalue weighted by molar-refractivity contribution is 5.86. The van der Waals surface area contributed by atoms with Crippen LogP contribution in [0.5, 0.6) is 5.75 Å². The summed E-state index contributed by atoms with van der Waals surface area (Å²) in [5.41, 5.74) is -0.536. The van der Waals surface area contributed by atoms with Crippen LogP contribution >= 0.6 is 0 Å². The lowest BCUT2D eigenvalue weighted by Crippen LogP contribution is -2.21. The number of aromatic nitrogens is 1. The number of aromatic amines is 1. The molecule has 0 saturated carbocycles. The van der Waals surface area contributed by atoms with E-state index in [9.17, 15) is 18.0 Å². The van der Waals surface area contributed by atoms with Gasteiger partial charge in [-0.15, -0.1) is 0 Å². The standard InChI is InChI=1S/C17H12F3NO2/c1-23-15-5-3-2-4-12(15)10-6-7-14-11(8-10)9-13(16(22)21-14)17(18,19)20/h2-9H,1H3,(H,21,22). The van der Waals surface area contributed by atoms with Gasteiger partial charge in [-0.3, -0.25) is 4.79 Å². The van der Waals surface area contributed by atoms with Gasteiger partial charge in [0.25, 0.3) is 5.56 Å². The molecule has 0 atom stereocenters. The summed E-state index contributed by atoms with van der Waals surface area (Å²) in [4.78, 5) is 13.8. The second-order valence-corrected chi connectivity index (χ2v) is 5.01. The Bertz CT molecular complexity index is 929. The first-order valence-corrected chi connectivity index (χ1v) is 6.78. The van der Waals surface area contributed by atoms with Gasteiger partial charge >= 0.3 is 6.18 Å². The van der Waals surface area contributed by atoms with E-state index in [1.54, 1.807) is 24.3 Å². The molecule has 3 aromatic rings. The van der Waals surface area contributed by atoms with Crippen molar-refractivity contribution in [2.24, 2.45) is 0 Å². The molecule has 0 fully saturated rings. The fraction of sp³-hybridized carbons (Fsp3) is 0.118. The molecular formula is C17H12F3NO2. The predicted molar refractivity (Wildman–Crippen MR) is 81.6 cm³/mol. The van der Waals surface area contributed by atoms with Gasteiger partial charge < -0.3 is 9.72 Å². The fourth-order valence-electron chi connectivity index (χ4n) is 2.47. The zero-order valence-electron chi connectivity index (χ0n) is 12.1. The van der Waals surface area contributed by atoms with Crippen LogP contribution in [0.15, 0.2) is 53.3 Å². The lowest BCUT2D eigenvalue weighted by atomic mass is 10.0. The number of benzene rings is 2. The number of alkyl halides is 3. The number of rotatable bonds is 2. The van der Waals surface area contributed by atoms with Crippen LogP contribution in [0.25, 0.3) is 22.0 Å². The van der Waals surface area contributed by atoms with Gasteiger partial charge in [0.15, 0.2) is 0 Å². The molecule has 1 aromatic heterocycles. The van der Waals surface area contributed by atoms with E-state index in [0.717, 1.165) is 11.6 Å². The van der Waals surface area contributed by atoms with Gasteiger partial charge in [-0.1, -0.05) is 24.3 Å². The highest BCUT2D eigenvalue weighted by atomic mass is 19.4. The molecular weight excluding hydrogens is 307 g/mol. The summed E-state index contributed by atoms with van der Waals surface area (Å²) in [6, 6.07) is 13.0. The van der Waals surface area contributed by atoms with Crippen molar-refractivity contribution >= 4 is 10.9 Å². The fourth-order valence-corrected chi connectivity index (χ4v) is 2.47. The Kier molecular flexibility index (Phi) is 3.60. The second kappa shape index (κ2) is 5.46. The van der Waals surface area contributed by atoms with E-state index in [0.29, 0.717) is 22.2 Å². The molecule has 0 radical (unpaired) electrons. The molecule has 0 aliphatic carbocycles. The van der Waals surface area contributed by atoms with Crippen LogP contribution in [0, 0.1) is 0 Å². The van der Waals surface area contributed by atoms with Gasteiger partial charge in [0.1, 0.15) is 11.3 Å². The Labute approximate surface area is 129 Å². The van der Waals surface area contributed by atoms with Crippen molar-refractivity contribution in [2.45, 2.75) is 6.18 Å². The number of halogens is 3. The first kappa shape index (κ1) is 15.1. The van der Waals surface area contributed by atoms with E-state index in [4.69, 9.17) is 4.74 Å². The number of fused-ring (bicyclic) bond motifs is 1. The molecule has 0 aliphatic rings. The Hall–Kier alpha value is -2.76. The number of para-hydroxylation sites is 1. The molecule has 0 spiro atoms. The molecule has 3 nitrogen and oxygen atoms in total. The van der Waals surface area contributed by atoms with Crippen LogP contribution < -0.4 is 10.3 Å². The zero-order chi connectivity index (χ0) is 16.6. The lowest BCUT2D eigenvalue weighted by Gasteiger charge is -2.10. The first-order valence-electron chi connectivity index (χ1n) is 6.78. The molecule has 0 amide bonds. The monoisotopic (exact) mass is 319 g/mol. The number of ether oxygens (including phenoxy) is 1. The number of pyridine rings is 1. The minimum absolute atomic E-state index is 0.306. The van der Waals surface area contributed by atoms with E-state index >= 15 is 0 Å².